The predicted molar refractivity (Wildman–Crippen MR) is 84.3 cm³/mol. The van der Waals surface area contributed by atoms with Crippen molar-refractivity contribution < 1.29 is 4.52 Å². The molecule has 3 rings (SSSR count). The van der Waals surface area contributed by atoms with Gasteiger partial charge in [0.05, 0.1) is 5.69 Å². The molecule has 1 aromatic carbocycles. The second-order valence-corrected chi connectivity index (χ2v) is 6.12. The highest BCUT2D eigenvalue weighted by molar-refractivity contribution is 5.32. The highest BCUT2D eigenvalue weighted by Crippen LogP contribution is 2.31. The Kier molecular flexibility index (Phi) is 4.11. The van der Waals surface area contributed by atoms with Gasteiger partial charge in [-0.05, 0) is 51.2 Å². The van der Waals surface area contributed by atoms with Crippen LogP contribution in [0.1, 0.15) is 66.4 Å². The lowest BCUT2D eigenvalue weighted by molar-refractivity contribution is 0.387. The zero-order chi connectivity index (χ0) is 14.8. The van der Waals surface area contributed by atoms with Gasteiger partial charge >= 0.3 is 0 Å². The molecule has 0 aliphatic heterocycles. The Labute approximate surface area is 126 Å². The average molecular weight is 284 g/mol. The molecule has 0 saturated carbocycles. The Morgan fingerprint density at radius 1 is 1.24 bits per heavy atom. The van der Waals surface area contributed by atoms with Crippen molar-refractivity contribution in [3.05, 3.63) is 52.4 Å². The minimum Gasteiger partial charge on any atom is -0.361 e. The number of benzene rings is 1. The number of aromatic nitrogens is 1. The first-order chi connectivity index (χ1) is 10.2. The van der Waals surface area contributed by atoms with E-state index in [-0.39, 0.29) is 6.04 Å². The molecule has 2 unspecified atom stereocenters. The molecule has 21 heavy (non-hydrogen) atoms. The molecule has 0 radical (unpaired) electrons. The number of nitrogens with zero attached hydrogens (tertiary/aromatic N) is 1. The van der Waals surface area contributed by atoms with E-state index in [0.29, 0.717) is 6.04 Å². The van der Waals surface area contributed by atoms with Crippen molar-refractivity contribution in [2.24, 2.45) is 0 Å². The Morgan fingerprint density at radius 3 is 2.81 bits per heavy atom. The van der Waals surface area contributed by atoms with Gasteiger partial charge in [0.1, 0.15) is 5.76 Å². The predicted octanol–water partition coefficient (Wildman–Crippen LogP) is 4.41. The van der Waals surface area contributed by atoms with E-state index in [9.17, 15) is 0 Å². The molecule has 112 valence electrons. The molecule has 0 amide bonds. The zero-order valence-corrected chi connectivity index (χ0v) is 13.1. The second kappa shape index (κ2) is 6.02. The molecule has 3 heteroatoms. The van der Waals surface area contributed by atoms with E-state index in [0.717, 1.165) is 11.5 Å². The molecule has 2 atom stereocenters. The van der Waals surface area contributed by atoms with Crippen LogP contribution >= 0.6 is 0 Å². The van der Waals surface area contributed by atoms with Gasteiger partial charge in [-0.2, -0.15) is 0 Å². The summed E-state index contributed by atoms with van der Waals surface area (Å²) in [5.41, 5.74) is 5.17. The van der Waals surface area contributed by atoms with Crippen LogP contribution in [0.25, 0.3) is 0 Å². The van der Waals surface area contributed by atoms with Crippen LogP contribution < -0.4 is 5.32 Å². The molecular weight excluding hydrogens is 260 g/mol. The van der Waals surface area contributed by atoms with Crippen LogP contribution in [-0.2, 0) is 6.42 Å². The van der Waals surface area contributed by atoms with Crippen LogP contribution in [0.15, 0.2) is 28.8 Å². The van der Waals surface area contributed by atoms with Gasteiger partial charge in [-0.15, -0.1) is 0 Å². The van der Waals surface area contributed by atoms with Gasteiger partial charge in [-0.1, -0.05) is 35.8 Å². The monoisotopic (exact) mass is 284 g/mol. The van der Waals surface area contributed by atoms with Crippen LogP contribution in [0.2, 0.25) is 0 Å². The van der Waals surface area contributed by atoms with Crippen LogP contribution in [0, 0.1) is 13.8 Å². The van der Waals surface area contributed by atoms with Crippen LogP contribution in [0.4, 0.5) is 0 Å². The molecule has 3 nitrogen and oxygen atoms in total. The third-order valence-electron chi connectivity index (χ3n) is 4.59. The molecule has 1 aromatic heterocycles. The summed E-state index contributed by atoms with van der Waals surface area (Å²) in [4.78, 5) is 0. The fourth-order valence-electron chi connectivity index (χ4n) is 3.59. The van der Waals surface area contributed by atoms with Gasteiger partial charge in [0.25, 0.3) is 0 Å². The summed E-state index contributed by atoms with van der Waals surface area (Å²) in [6.07, 6.45) is 4.97. The molecule has 1 heterocycles. The fraction of sp³-hybridized carbons (Fsp3) is 0.500. The third-order valence-corrected chi connectivity index (χ3v) is 4.59. The minimum atomic E-state index is 0.257. The Bertz CT molecular complexity index is 598. The molecule has 1 N–H and O–H groups in total. The van der Waals surface area contributed by atoms with Gasteiger partial charge in [-0.3, -0.25) is 0 Å². The summed E-state index contributed by atoms with van der Waals surface area (Å²) in [6, 6.07) is 9.53. The topological polar surface area (TPSA) is 38.1 Å². The zero-order valence-electron chi connectivity index (χ0n) is 13.1. The van der Waals surface area contributed by atoms with Gasteiger partial charge in [0, 0.05) is 17.6 Å². The maximum absolute atomic E-state index is 5.31. The van der Waals surface area contributed by atoms with Gasteiger partial charge < -0.3 is 9.84 Å². The minimum absolute atomic E-state index is 0.257. The standard InChI is InChI=1S/C18H24N2O/c1-12(18-13(2)20-21-14(18)3)19-17-11-7-5-9-15-8-4-6-10-16(15)17/h4,6,8,10,12,17,19H,5,7,9,11H2,1-3H3. The van der Waals surface area contributed by atoms with Crippen molar-refractivity contribution in [2.45, 2.75) is 58.5 Å². The van der Waals surface area contributed by atoms with Crippen molar-refractivity contribution in [1.82, 2.24) is 10.5 Å². The van der Waals surface area contributed by atoms with E-state index in [1.807, 2.05) is 13.8 Å². The van der Waals surface area contributed by atoms with Gasteiger partial charge in [0.2, 0.25) is 0 Å². The second-order valence-electron chi connectivity index (χ2n) is 6.12. The number of fused-ring (bicyclic) bond motifs is 1. The van der Waals surface area contributed by atoms with Crippen molar-refractivity contribution in [1.29, 1.82) is 0 Å². The van der Waals surface area contributed by atoms with Crippen LogP contribution in [-0.4, -0.2) is 5.16 Å². The summed E-state index contributed by atoms with van der Waals surface area (Å²) in [6.45, 7) is 6.22. The largest absolute Gasteiger partial charge is 0.361 e. The lowest BCUT2D eigenvalue weighted by Crippen LogP contribution is -2.25. The summed E-state index contributed by atoms with van der Waals surface area (Å²) >= 11 is 0. The summed E-state index contributed by atoms with van der Waals surface area (Å²) < 4.78 is 5.31. The Balaban J connectivity index is 1.84. The molecule has 1 aliphatic rings. The lowest BCUT2D eigenvalue weighted by Gasteiger charge is -2.24. The Morgan fingerprint density at radius 2 is 2.05 bits per heavy atom. The smallest absolute Gasteiger partial charge is 0.138 e. The highest BCUT2D eigenvalue weighted by atomic mass is 16.5. The average Bonchev–Trinajstić information content (AvgIpc) is 2.70. The molecular formula is C18H24N2O. The first kappa shape index (κ1) is 14.3. The third kappa shape index (κ3) is 2.88. The van der Waals surface area contributed by atoms with Crippen LogP contribution in [0.3, 0.4) is 0 Å². The number of rotatable bonds is 3. The van der Waals surface area contributed by atoms with E-state index in [4.69, 9.17) is 4.52 Å². The number of nitrogens with one attached hydrogen (secondary N) is 1. The van der Waals surface area contributed by atoms with Crippen molar-refractivity contribution in [3.8, 4) is 0 Å². The summed E-state index contributed by atoms with van der Waals surface area (Å²) in [5, 5.41) is 7.88. The normalized spacial score (nSPS) is 19.9. The van der Waals surface area contributed by atoms with Crippen molar-refractivity contribution in [3.63, 3.8) is 0 Å². The van der Waals surface area contributed by atoms with Gasteiger partial charge in [0.15, 0.2) is 0 Å². The summed E-state index contributed by atoms with van der Waals surface area (Å²) in [7, 11) is 0. The van der Waals surface area contributed by atoms with E-state index in [1.165, 1.54) is 42.4 Å². The summed E-state index contributed by atoms with van der Waals surface area (Å²) in [5.74, 6) is 0.925. The fourth-order valence-corrected chi connectivity index (χ4v) is 3.59. The number of hydrogen-bond acceptors (Lipinski definition) is 3. The molecule has 0 bridgehead atoms. The van der Waals surface area contributed by atoms with Crippen molar-refractivity contribution in [2.75, 3.05) is 0 Å². The molecule has 0 fully saturated rings. The first-order valence-electron chi connectivity index (χ1n) is 7.93. The van der Waals surface area contributed by atoms with Crippen LogP contribution in [0.5, 0.6) is 0 Å². The van der Waals surface area contributed by atoms with Crippen molar-refractivity contribution >= 4 is 0 Å². The Hall–Kier alpha value is -1.61. The quantitative estimate of drug-likeness (QED) is 0.848. The van der Waals surface area contributed by atoms with E-state index < -0.39 is 0 Å². The van der Waals surface area contributed by atoms with E-state index in [1.54, 1.807) is 0 Å². The molecule has 0 saturated heterocycles. The maximum atomic E-state index is 5.31. The SMILES string of the molecule is Cc1noc(C)c1C(C)NC1CCCCc2ccccc21. The first-order valence-corrected chi connectivity index (χ1v) is 7.93. The number of hydrogen-bond donors (Lipinski definition) is 1. The van der Waals surface area contributed by atoms with Gasteiger partial charge in [-0.25, -0.2) is 0 Å². The highest BCUT2D eigenvalue weighted by Gasteiger charge is 2.23. The maximum Gasteiger partial charge on any atom is 0.138 e. The lowest BCUT2D eigenvalue weighted by atomic mass is 9.97. The molecule has 1 aliphatic carbocycles. The van der Waals surface area contributed by atoms with E-state index >= 15 is 0 Å². The van der Waals surface area contributed by atoms with E-state index in [2.05, 4.69) is 41.7 Å². The number of aryl methyl sites for hydroxylation is 3. The molecule has 0 spiro atoms. The molecule has 2 aromatic rings.